The second-order valence-electron chi connectivity index (χ2n) is 9.11. The van der Waals surface area contributed by atoms with Gasteiger partial charge in [-0.1, -0.05) is 30.3 Å². The summed E-state index contributed by atoms with van der Waals surface area (Å²) in [6, 6.07) is 14.9. The van der Waals surface area contributed by atoms with E-state index in [0.29, 0.717) is 46.1 Å². The Hall–Kier alpha value is -3.74. The molecule has 0 bridgehead atoms. The Morgan fingerprint density at radius 1 is 1.06 bits per heavy atom. The summed E-state index contributed by atoms with van der Waals surface area (Å²) in [4.78, 5) is 26.7. The van der Waals surface area contributed by atoms with E-state index in [0.717, 1.165) is 18.5 Å². The molecule has 190 valence electrons. The fourth-order valence-electron chi connectivity index (χ4n) is 4.74. The number of allylic oxidation sites excluding steroid dienone is 3. The first kappa shape index (κ1) is 25.4. The fourth-order valence-corrected chi connectivity index (χ4v) is 4.74. The summed E-state index contributed by atoms with van der Waals surface area (Å²) in [5.41, 5.74) is 3.22. The number of para-hydroxylation sites is 2. The van der Waals surface area contributed by atoms with Crippen LogP contribution in [0.4, 0.5) is 0 Å². The van der Waals surface area contributed by atoms with Crippen molar-refractivity contribution in [2.75, 3.05) is 20.3 Å². The average Bonchev–Trinajstić information content (AvgIpc) is 2.86. The lowest BCUT2D eigenvalue weighted by Gasteiger charge is -2.35. The predicted molar refractivity (Wildman–Crippen MR) is 136 cm³/mol. The second-order valence-corrected chi connectivity index (χ2v) is 9.11. The third-order valence-corrected chi connectivity index (χ3v) is 6.22. The van der Waals surface area contributed by atoms with Crippen LogP contribution in [0.25, 0.3) is 0 Å². The van der Waals surface area contributed by atoms with Crippen molar-refractivity contribution in [2.24, 2.45) is 0 Å². The molecule has 1 atom stereocenters. The number of ether oxygens (including phenoxy) is 4. The number of carbonyl (C=O) groups excluding carboxylic acids is 2. The van der Waals surface area contributed by atoms with E-state index in [-0.39, 0.29) is 25.1 Å². The predicted octanol–water partition coefficient (Wildman–Crippen LogP) is 5.07. The standard InChI is InChI=1S/C29H33NO6/c1-18(2)36-28-21(12-8-15-24(28)33-4)26-25(19(3)30-22-13-9-14-23(31)27(22)26)29(32)35-17-16-34-20-10-6-5-7-11-20/h5-8,10-12,15,18,26,30H,9,13-14,16-17H2,1-4H3. The number of carbonyl (C=O) groups is 2. The van der Waals surface area contributed by atoms with Gasteiger partial charge >= 0.3 is 5.97 Å². The van der Waals surface area contributed by atoms with Crippen molar-refractivity contribution in [3.05, 3.63) is 76.6 Å². The highest BCUT2D eigenvalue weighted by Gasteiger charge is 2.41. The number of dihydropyridines is 1. The van der Waals surface area contributed by atoms with E-state index >= 15 is 0 Å². The van der Waals surface area contributed by atoms with Gasteiger partial charge in [0.2, 0.25) is 0 Å². The largest absolute Gasteiger partial charge is 0.493 e. The Morgan fingerprint density at radius 3 is 2.56 bits per heavy atom. The molecule has 7 nitrogen and oxygen atoms in total. The van der Waals surface area contributed by atoms with Crippen molar-refractivity contribution in [1.29, 1.82) is 0 Å². The average molecular weight is 492 g/mol. The van der Waals surface area contributed by atoms with Crippen LogP contribution in [0.3, 0.4) is 0 Å². The fraction of sp³-hybridized carbons (Fsp3) is 0.379. The molecule has 2 aromatic carbocycles. The summed E-state index contributed by atoms with van der Waals surface area (Å²) in [6.45, 7) is 5.99. The maximum Gasteiger partial charge on any atom is 0.336 e. The topological polar surface area (TPSA) is 83.1 Å². The summed E-state index contributed by atoms with van der Waals surface area (Å²) in [6.07, 6.45) is 1.82. The molecule has 4 rings (SSSR count). The van der Waals surface area contributed by atoms with Crippen LogP contribution < -0.4 is 19.5 Å². The number of hydrogen-bond acceptors (Lipinski definition) is 7. The molecule has 1 N–H and O–H groups in total. The van der Waals surface area contributed by atoms with Crippen LogP contribution in [-0.4, -0.2) is 38.2 Å². The van der Waals surface area contributed by atoms with Gasteiger partial charge in [0.15, 0.2) is 17.3 Å². The number of benzene rings is 2. The summed E-state index contributed by atoms with van der Waals surface area (Å²) in [5.74, 6) is 0.683. The molecule has 1 unspecified atom stereocenters. The minimum absolute atomic E-state index is 0.0253. The molecular formula is C29H33NO6. The SMILES string of the molecule is COc1cccc(C2C(C(=O)OCCOc3ccccc3)=C(C)NC3=C2C(=O)CCC3)c1OC(C)C. The zero-order valence-electron chi connectivity index (χ0n) is 21.3. The Morgan fingerprint density at radius 2 is 1.83 bits per heavy atom. The van der Waals surface area contributed by atoms with Crippen molar-refractivity contribution in [1.82, 2.24) is 5.32 Å². The molecule has 2 aliphatic rings. The van der Waals surface area contributed by atoms with Gasteiger partial charge in [-0.05, 0) is 51.8 Å². The lowest BCUT2D eigenvalue weighted by Crippen LogP contribution is -2.35. The van der Waals surface area contributed by atoms with Gasteiger partial charge < -0.3 is 24.3 Å². The molecule has 0 radical (unpaired) electrons. The summed E-state index contributed by atoms with van der Waals surface area (Å²) < 4.78 is 23.1. The Kier molecular flexibility index (Phi) is 7.98. The number of rotatable bonds is 9. The summed E-state index contributed by atoms with van der Waals surface area (Å²) in [7, 11) is 1.58. The van der Waals surface area contributed by atoms with Crippen LogP contribution in [0.15, 0.2) is 71.1 Å². The van der Waals surface area contributed by atoms with Crippen molar-refractivity contribution < 1.29 is 28.5 Å². The molecule has 36 heavy (non-hydrogen) atoms. The lowest BCUT2D eigenvalue weighted by molar-refractivity contribution is -0.140. The van der Waals surface area contributed by atoms with Gasteiger partial charge in [0.1, 0.15) is 19.0 Å². The van der Waals surface area contributed by atoms with Crippen LogP contribution in [0.1, 0.15) is 51.5 Å². The molecule has 2 aromatic rings. The Balaban J connectivity index is 1.68. The number of methoxy groups -OCH3 is 1. The van der Waals surface area contributed by atoms with Gasteiger partial charge in [-0.2, -0.15) is 0 Å². The first-order valence-electron chi connectivity index (χ1n) is 12.3. The van der Waals surface area contributed by atoms with E-state index < -0.39 is 11.9 Å². The summed E-state index contributed by atoms with van der Waals surface area (Å²) in [5, 5.41) is 3.32. The first-order valence-corrected chi connectivity index (χ1v) is 12.3. The van der Waals surface area contributed by atoms with Gasteiger partial charge in [0, 0.05) is 29.0 Å². The van der Waals surface area contributed by atoms with Gasteiger partial charge in [-0.15, -0.1) is 0 Å². The van der Waals surface area contributed by atoms with Crippen molar-refractivity contribution in [3.63, 3.8) is 0 Å². The van der Waals surface area contributed by atoms with E-state index in [2.05, 4.69) is 5.32 Å². The molecule has 0 saturated carbocycles. The number of hydrogen-bond donors (Lipinski definition) is 1. The molecule has 0 saturated heterocycles. The zero-order valence-corrected chi connectivity index (χ0v) is 21.3. The highest BCUT2D eigenvalue weighted by atomic mass is 16.6. The second kappa shape index (κ2) is 11.3. The number of Topliss-reactive ketones (excluding diaryl/α,β-unsaturated/α-hetero) is 1. The maximum absolute atomic E-state index is 13.5. The number of esters is 1. The van der Waals surface area contributed by atoms with Crippen molar-refractivity contribution in [2.45, 2.75) is 52.1 Å². The van der Waals surface area contributed by atoms with E-state index in [1.54, 1.807) is 7.11 Å². The Labute approximate surface area is 212 Å². The monoisotopic (exact) mass is 491 g/mol. The van der Waals surface area contributed by atoms with E-state index in [1.807, 2.05) is 69.3 Å². The van der Waals surface area contributed by atoms with E-state index in [9.17, 15) is 9.59 Å². The molecule has 1 aliphatic carbocycles. The molecule has 1 heterocycles. The smallest absolute Gasteiger partial charge is 0.336 e. The van der Waals surface area contributed by atoms with E-state index in [1.165, 1.54) is 0 Å². The minimum Gasteiger partial charge on any atom is -0.493 e. The molecule has 0 amide bonds. The number of nitrogens with one attached hydrogen (secondary N) is 1. The zero-order chi connectivity index (χ0) is 25.7. The first-order chi connectivity index (χ1) is 17.4. The van der Waals surface area contributed by atoms with Crippen LogP contribution in [0.5, 0.6) is 17.2 Å². The molecule has 7 heteroatoms. The highest BCUT2D eigenvalue weighted by Crippen LogP contribution is 2.47. The van der Waals surface area contributed by atoms with Gasteiger partial charge in [-0.25, -0.2) is 4.79 Å². The molecule has 0 aromatic heterocycles. The van der Waals surface area contributed by atoms with Gasteiger partial charge in [0.05, 0.1) is 24.7 Å². The molecular weight excluding hydrogens is 458 g/mol. The van der Waals surface area contributed by atoms with Crippen LogP contribution in [0, 0.1) is 0 Å². The quantitative estimate of drug-likeness (QED) is 0.387. The van der Waals surface area contributed by atoms with Crippen LogP contribution in [-0.2, 0) is 14.3 Å². The van der Waals surface area contributed by atoms with Gasteiger partial charge in [0.25, 0.3) is 0 Å². The maximum atomic E-state index is 13.5. The highest BCUT2D eigenvalue weighted by molar-refractivity contribution is 6.04. The normalized spacial score (nSPS) is 17.5. The molecule has 1 aliphatic heterocycles. The third-order valence-electron chi connectivity index (χ3n) is 6.22. The minimum atomic E-state index is -0.625. The number of ketones is 1. The molecule has 0 spiro atoms. The van der Waals surface area contributed by atoms with Crippen molar-refractivity contribution in [3.8, 4) is 17.2 Å². The summed E-state index contributed by atoms with van der Waals surface area (Å²) >= 11 is 0. The van der Waals surface area contributed by atoms with Crippen LogP contribution >= 0.6 is 0 Å². The molecule has 0 fully saturated rings. The van der Waals surface area contributed by atoms with E-state index in [4.69, 9.17) is 18.9 Å². The van der Waals surface area contributed by atoms with Gasteiger partial charge in [-0.3, -0.25) is 4.79 Å². The third kappa shape index (κ3) is 5.40. The van der Waals surface area contributed by atoms with Crippen molar-refractivity contribution >= 4 is 11.8 Å². The Bertz CT molecular complexity index is 1180. The van der Waals surface area contributed by atoms with Crippen LogP contribution in [0.2, 0.25) is 0 Å². The lowest BCUT2D eigenvalue weighted by atomic mass is 9.75.